The molecule has 0 fully saturated rings. The Morgan fingerprint density at radius 1 is 0.958 bits per heavy atom. The van der Waals surface area contributed by atoms with Crippen LogP contribution in [-0.4, -0.2) is 30.1 Å². The zero-order chi connectivity index (χ0) is 17.3. The molecular formula is C13H7ClN6O4. The van der Waals surface area contributed by atoms with Gasteiger partial charge < -0.3 is 0 Å². The Morgan fingerprint density at radius 2 is 1.58 bits per heavy atom. The van der Waals surface area contributed by atoms with Crippen LogP contribution in [0.1, 0.15) is 0 Å². The van der Waals surface area contributed by atoms with E-state index >= 15 is 0 Å². The zero-order valence-electron chi connectivity index (χ0n) is 11.7. The van der Waals surface area contributed by atoms with Gasteiger partial charge in [-0.3, -0.25) is 20.2 Å². The molecule has 10 nitrogen and oxygen atoms in total. The van der Waals surface area contributed by atoms with Crippen molar-refractivity contribution >= 4 is 23.0 Å². The van der Waals surface area contributed by atoms with Gasteiger partial charge in [-0.15, -0.1) is 15.0 Å². The van der Waals surface area contributed by atoms with Crippen molar-refractivity contribution in [3.8, 4) is 17.1 Å². The Bertz CT molecular complexity index is 940. The third-order valence-corrected chi connectivity index (χ3v) is 3.41. The van der Waals surface area contributed by atoms with Crippen LogP contribution in [0, 0.1) is 20.2 Å². The van der Waals surface area contributed by atoms with Crippen LogP contribution in [0.3, 0.4) is 0 Å². The second-order valence-electron chi connectivity index (χ2n) is 4.60. The Labute approximate surface area is 138 Å². The number of hydrogen-bond donors (Lipinski definition) is 0. The van der Waals surface area contributed by atoms with Crippen molar-refractivity contribution in [2.75, 3.05) is 0 Å². The van der Waals surface area contributed by atoms with E-state index in [1.807, 2.05) is 0 Å². The fraction of sp³-hybridized carbons (Fsp3) is 0. The largest absolute Gasteiger partial charge is 0.271 e. The molecule has 0 saturated carbocycles. The van der Waals surface area contributed by atoms with Gasteiger partial charge in [0.1, 0.15) is 5.69 Å². The SMILES string of the molecule is O=[N+]([O-])c1ccc(-c2nnn(-c3ccc([N+](=O)[O-])cc3Cl)n2)cc1. The minimum absolute atomic E-state index is 0.0513. The molecule has 3 rings (SSSR count). The van der Waals surface area contributed by atoms with Crippen LogP contribution >= 0.6 is 11.6 Å². The molecule has 0 N–H and O–H groups in total. The molecule has 0 radical (unpaired) electrons. The summed E-state index contributed by atoms with van der Waals surface area (Å²) in [7, 11) is 0. The lowest BCUT2D eigenvalue weighted by molar-refractivity contribution is -0.385. The number of benzene rings is 2. The van der Waals surface area contributed by atoms with E-state index in [0.29, 0.717) is 11.3 Å². The van der Waals surface area contributed by atoms with Gasteiger partial charge in [0.25, 0.3) is 11.4 Å². The van der Waals surface area contributed by atoms with Gasteiger partial charge in [0.05, 0.1) is 14.9 Å². The van der Waals surface area contributed by atoms with Crippen LogP contribution in [-0.2, 0) is 0 Å². The standard InChI is InChI=1S/C13H7ClN6O4/c14-11-7-10(20(23)24)5-6-12(11)18-16-13(15-17-18)8-1-3-9(4-2-8)19(21)22/h1-7H. The van der Waals surface area contributed by atoms with Gasteiger partial charge >= 0.3 is 0 Å². The molecule has 0 aliphatic carbocycles. The minimum atomic E-state index is -0.563. The molecule has 24 heavy (non-hydrogen) atoms. The first kappa shape index (κ1) is 15.5. The molecule has 0 bridgehead atoms. The molecule has 1 aromatic heterocycles. The summed E-state index contributed by atoms with van der Waals surface area (Å²) in [6.07, 6.45) is 0. The van der Waals surface area contributed by atoms with E-state index in [4.69, 9.17) is 11.6 Å². The lowest BCUT2D eigenvalue weighted by Crippen LogP contribution is -2.00. The van der Waals surface area contributed by atoms with Gasteiger partial charge in [-0.25, -0.2) is 0 Å². The normalized spacial score (nSPS) is 10.5. The number of aromatic nitrogens is 4. The topological polar surface area (TPSA) is 130 Å². The summed E-state index contributed by atoms with van der Waals surface area (Å²) in [4.78, 5) is 21.4. The number of tetrazole rings is 1. The quantitative estimate of drug-likeness (QED) is 0.524. The van der Waals surface area contributed by atoms with Gasteiger partial charge in [-0.1, -0.05) is 11.6 Å². The molecule has 0 aliphatic rings. The number of hydrogen-bond acceptors (Lipinski definition) is 7. The average Bonchev–Trinajstić information content (AvgIpc) is 3.04. The van der Waals surface area contributed by atoms with Gasteiger partial charge in [0.15, 0.2) is 0 Å². The molecule has 1 heterocycles. The lowest BCUT2D eigenvalue weighted by atomic mass is 10.2. The van der Waals surface area contributed by atoms with Crippen LogP contribution in [0.4, 0.5) is 11.4 Å². The summed E-state index contributed by atoms with van der Waals surface area (Å²) in [5.41, 5.74) is 0.650. The number of nitrogens with zero attached hydrogens (tertiary/aromatic N) is 6. The van der Waals surface area contributed by atoms with Crippen LogP contribution < -0.4 is 0 Å². The second-order valence-corrected chi connectivity index (χ2v) is 5.01. The van der Waals surface area contributed by atoms with E-state index in [1.54, 1.807) is 0 Å². The molecule has 0 unspecified atom stereocenters. The van der Waals surface area contributed by atoms with E-state index in [0.717, 1.165) is 4.80 Å². The maximum Gasteiger partial charge on any atom is 0.271 e. The lowest BCUT2D eigenvalue weighted by Gasteiger charge is -2.01. The Hall–Kier alpha value is -3.40. The van der Waals surface area contributed by atoms with Crippen molar-refractivity contribution < 1.29 is 9.85 Å². The van der Waals surface area contributed by atoms with Gasteiger partial charge in [0, 0.05) is 29.8 Å². The fourth-order valence-corrected chi connectivity index (χ4v) is 2.19. The zero-order valence-corrected chi connectivity index (χ0v) is 12.5. The molecule has 120 valence electrons. The van der Waals surface area contributed by atoms with Crippen molar-refractivity contribution in [2.45, 2.75) is 0 Å². The Kier molecular flexibility index (Phi) is 3.88. The highest BCUT2D eigenvalue weighted by Gasteiger charge is 2.14. The maximum atomic E-state index is 10.7. The number of halogens is 1. The van der Waals surface area contributed by atoms with E-state index in [9.17, 15) is 20.2 Å². The summed E-state index contributed by atoms with van der Waals surface area (Å²) in [5.74, 6) is 0.235. The summed E-state index contributed by atoms with van der Waals surface area (Å²) in [5, 5.41) is 33.3. The van der Waals surface area contributed by atoms with Gasteiger partial charge in [-0.2, -0.15) is 0 Å². The van der Waals surface area contributed by atoms with E-state index in [2.05, 4.69) is 15.4 Å². The van der Waals surface area contributed by atoms with E-state index in [-0.39, 0.29) is 22.2 Å². The van der Waals surface area contributed by atoms with Crippen molar-refractivity contribution in [1.82, 2.24) is 20.2 Å². The first-order valence-electron chi connectivity index (χ1n) is 6.45. The predicted octanol–water partition coefficient (Wildman–Crippen LogP) is 2.80. The molecule has 11 heteroatoms. The minimum Gasteiger partial charge on any atom is -0.258 e. The molecule has 0 spiro atoms. The molecule has 0 aliphatic heterocycles. The summed E-state index contributed by atoms with van der Waals surface area (Å²) >= 11 is 6.01. The highest BCUT2D eigenvalue weighted by atomic mass is 35.5. The first-order valence-corrected chi connectivity index (χ1v) is 6.82. The molecule has 0 amide bonds. The van der Waals surface area contributed by atoms with Gasteiger partial charge in [0.2, 0.25) is 5.82 Å². The number of non-ortho nitro benzene ring substituents is 2. The van der Waals surface area contributed by atoms with Crippen LogP contribution in [0.15, 0.2) is 42.5 Å². The Morgan fingerprint density at radius 3 is 2.17 bits per heavy atom. The number of nitro groups is 2. The fourth-order valence-electron chi connectivity index (χ4n) is 1.94. The molecule has 0 atom stereocenters. The molecule has 2 aromatic carbocycles. The van der Waals surface area contributed by atoms with Crippen molar-refractivity contribution in [2.24, 2.45) is 0 Å². The van der Waals surface area contributed by atoms with Crippen molar-refractivity contribution in [3.05, 3.63) is 67.7 Å². The molecule has 3 aromatic rings. The summed E-state index contributed by atoms with van der Waals surface area (Å²) < 4.78 is 0. The predicted molar refractivity (Wildman–Crippen MR) is 82.9 cm³/mol. The Balaban J connectivity index is 1.93. The van der Waals surface area contributed by atoms with Gasteiger partial charge in [-0.05, 0) is 23.4 Å². The van der Waals surface area contributed by atoms with Crippen molar-refractivity contribution in [3.63, 3.8) is 0 Å². The van der Waals surface area contributed by atoms with Crippen LogP contribution in [0.25, 0.3) is 17.1 Å². The van der Waals surface area contributed by atoms with Crippen LogP contribution in [0.2, 0.25) is 5.02 Å². The number of nitro benzene ring substituents is 2. The third kappa shape index (κ3) is 2.90. The van der Waals surface area contributed by atoms with Crippen LogP contribution in [0.5, 0.6) is 0 Å². The maximum absolute atomic E-state index is 10.7. The van der Waals surface area contributed by atoms with Crippen molar-refractivity contribution in [1.29, 1.82) is 0 Å². The summed E-state index contributed by atoms with van der Waals surface area (Å²) in [6, 6.07) is 9.52. The van der Waals surface area contributed by atoms with E-state index < -0.39 is 9.85 Å². The highest BCUT2D eigenvalue weighted by Crippen LogP contribution is 2.25. The smallest absolute Gasteiger partial charge is 0.258 e. The molecule has 0 saturated heterocycles. The number of rotatable bonds is 4. The highest BCUT2D eigenvalue weighted by molar-refractivity contribution is 6.32. The second kappa shape index (κ2) is 6.01. The average molecular weight is 347 g/mol. The summed E-state index contributed by atoms with van der Waals surface area (Å²) in [6.45, 7) is 0. The monoisotopic (exact) mass is 346 g/mol. The molecular weight excluding hydrogens is 340 g/mol. The first-order chi connectivity index (χ1) is 11.5. The van der Waals surface area contributed by atoms with E-state index in [1.165, 1.54) is 42.5 Å². The third-order valence-electron chi connectivity index (χ3n) is 3.11.